The fraction of sp³-hybridized carbons (Fsp3) is 0.667. The number of nitrogens with one attached hydrogen (secondary N) is 1. The first kappa shape index (κ1) is 18.4. The molecule has 0 radical (unpaired) electrons. The summed E-state index contributed by atoms with van der Waals surface area (Å²) in [6.45, 7) is 9.33. The van der Waals surface area contributed by atoms with E-state index in [1.165, 1.54) is 12.0 Å². The quantitative estimate of drug-likeness (QED) is 0.835. The average molecular weight is 344 g/mol. The number of amides is 1. The lowest BCUT2D eigenvalue weighted by Crippen LogP contribution is -2.55. The Kier molecular flexibility index (Phi) is 5.49. The van der Waals surface area contributed by atoms with E-state index in [1.807, 2.05) is 6.92 Å². The van der Waals surface area contributed by atoms with Gasteiger partial charge < -0.3 is 11.1 Å². The summed E-state index contributed by atoms with van der Waals surface area (Å²) in [4.78, 5) is 15.2. The van der Waals surface area contributed by atoms with Gasteiger partial charge in [0.1, 0.15) is 0 Å². The maximum Gasteiger partial charge on any atom is 0.240 e. The second kappa shape index (κ2) is 7.46. The van der Waals surface area contributed by atoms with Crippen molar-refractivity contribution in [2.45, 2.75) is 58.2 Å². The smallest absolute Gasteiger partial charge is 0.240 e. The maximum atomic E-state index is 12.7. The van der Waals surface area contributed by atoms with Crippen LogP contribution in [-0.4, -0.2) is 35.5 Å². The molecule has 1 heterocycles. The number of carbonyl (C=O) groups excluding carboxylic acids is 1. The third kappa shape index (κ3) is 4.42. The summed E-state index contributed by atoms with van der Waals surface area (Å²) in [5, 5.41) is 3.29. The van der Waals surface area contributed by atoms with Crippen LogP contribution in [0.5, 0.6) is 0 Å². The van der Waals surface area contributed by atoms with Crippen LogP contribution in [0, 0.1) is 17.8 Å². The normalized spacial score (nSPS) is 28.8. The topological polar surface area (TPSA) is 58.4 Å². The number of fused-ring (bicyclic) bond motifs is 1. The van der Waals surface area contributed by atoms with Gasteiger partial charge in [-0.15, -0.1) is 0 Å². The highest BCUT2D eigenvalue weighted by Gasteiger charge is 2.44. The zero-order valence-electron chi connectivity index (χ0n) is 15.9. The maximum absolute atomic E-state index is 12.7. The van der Waals surface area contributed by atoms with Gasteiger partial charge in [0.25, 0.3) is 0 Å². The zero-order valence-corrected chi connectivity index (χ0v) is 15.9. The number of benzene rings is 1. The Morgan fingerprint density at radius 2 is 2.00 bits per heavy atom. The lowest BCUT2D eigenvalue weighted by atomic mass is 9.90. The average Bonchev–Trinajstić information content (AvgIpc) is 3.08. The van der Waals surface area contributed by atoms with E-state index < -0.39 is 5.54 Å². The Morgan fingerprint density at radius 1 is 1.28 bits per heavy atom. The predicted octanol–water partition coefficient (Wildman–Crippen LogP) is 2.78. The van der Waals surface area contributed by atoms with Crippen LogP contribution in [0.15, 0.2) is 30.3 Å². The molecular formula is C21H33N3O. The van der Waals surface area contributed by atoms with Crippen LogP contribution >= 0.6 is 0 Å². The van der Waals surface area contributed by atoms with Crippen LogP contribution in [0.2, 0.25) is 0 Å². The number of carbonyl (C=O) groups is 1. The number of nitrogens with two attached hydrogens (primary N) is 1. The molecule has 0 unspecified atom stereocenters. The summed E-state index contributed by atoms with van der Waals surface area (Å²) in [6, 6.07) is 10.9. The molecule has 3 rings (SSSR count). The molecule has 0 spiro atoms. The Balaban J connectivity index is 1.56. The minimum Gasteiger partial charge on any atom is -0.351 e. The molecule has 4 nitrogen and oxygen atoms in total. The molecule has 0 bridgehead atoms. The third-order valence-electron chi connectivity index (χ3n) is 5.85. The Labute approximate surface area is 152 Å². The molecule has 3 N–H and O–H groups in total. The predicted molar refractivity (Wildman–Crippen MR) is 102 cm³/mol. The SMILES string of the molecule is CC(C)C[C@](C)(N)C(=O)N[C@@H]1CC[C@H]2CN(Cc3ccccc3)C[C@H]21. The highest BCUT2D eigenvalue weighted by atomic mass is 16.2. The van der Waals surface area contributed by atoms with Gasteiger partial charge in [-0.05, 0) is 49.5 Å². The van der Waals surface area contributed by atoms with Gasteiger partial charge in [-0.2, -0.15) is 0 Å². The third-order valence-corrected chi connectivity index (χ3v) is 5.85. The molecule has 25 heavy (non-hydrogen) atoms. The van der Waals surface area contributed by atoms with Gasteiger partial charge in [0.2, 0.25) is 5.91 Å². The fourth-order valence-electron chi connectivity index (χ4n) is 4.78. The van der Waals surface area contributed by atoms with Crippen LogP contribution in [0.25, 0.3) is 0 Å². The van der Waals surface area contributed by atoms with E-state index in [4.69, 9.17) is 5.73 Å². The van der Waals surface area contributed by atoms with E-state index in [1.54, 1.807) is 0 Å². The van der Waals surface area contributed by atoms with E-state index in [0.717, 1.165) is 32.5 Å². The summed E-state index contributed by atoms with van der Waals surface area (Å²) in [7, 11) is 0. The van der Waals surface area contributed by atoms with Crippen LogP contribution in [0.4, 0.5) is 0 Å². The van der Waals surface area contributed by atoms with Crippen molar-refractivity contribution in [2.75, 3.05) is 13.1 Å². The standard InChI is InChI=1S/C21H33N3O/c1-15(2)11-21(3,22)20(25)23-19-10-9-17-13-24(14-18(17)19)12-16-7-5-4-6-8-16/h4-8,15,17-19H,9-14,22H2,1-3H3,(H,23,25)/t17-,18+,19+,21-/m0/s1. The van der Waals surface area contributed by atoms with E-state index in [2.05, 4.69) is 54.4 Å². The van der Waals surface area contributed by atoms with Crippen molar-refractivity contribution < 1.29 is 4.79 Å². The molecule has 1 saturated carbocycles. The van der Waals surface area contributed by atoms with Gasteiger partial charge in [-0.25, -0.2) is 0 Å². The van der Waals surface area contributed by atoms with Gasteiger partial charge >= 0.3 is 0 Å². The van der Waals surface area contributed by atoms with Crippen LogP contribution in [-0.2, 0) is 11.3 Å². The van der Waals surface area contributed by atoms with Gasteiger partial charge in [0, 0.05) is 25.7 Å². The number of hydrogen-bond donors (Lipinski definition) is 2. The molecule has 1 aliphatic heterocycles. The van der Waals surface area contributed by atoms with E-state index in [9.17, 15) is 4.79 Å². The van der Waals surface area contributed by atoms with Crippen molar-refractivity contribution >= 4 is 5.91 Å². The molecule has 1 amide bonds. The highest BCUT2D eigenvalue weighted by molar-refractivity contribution is 5.85. The molecule has 138 valence electrons. The second-order valence-electron chi connectivity index (χ2n) is 8.78. The minimum absolute atomic E-state index is 0.0216. The first-order chi connectivity index (χ1) is 11.8. The monoisotopic (exact) mass is 343 g/mol. The van der Waals surface area contributed by atoms with Gasteiger partial charge in [0.15, 0.2) is 0 Å². The van der Waals surface area contributed by atoms with E-state index in [0.29, 0.717) is 17.8 Å². The largest absolute Gasteiger partial charge is 0.351 e. The molecular weight excluding hydrogens is 310 g/mol. The zero-order chi connectivity index (χ0) is 18.0. The first-order valence-electron chi connectivity index (χ1n) is 9.71. The molecule has 2 fully saturated rings. The van der Waals surface area contributed by atoms with Crippen LogP contribution in [0.1, 0.15) is 45.6 Å². The lowest BCUT2D eigenvalue weighted by Gasteiger charge is -2.29. The van der Waals surface area contributed by atoms with Crippen LogP contribution < -0.4 is 11.1 Å². The minimum atomic E-state index is -0.769. The number of nitrogens with zero attached hydrogens (tertiary/aromatic N) is 1. The number of hydrogen-bond acceptors (Lipinski definition) is 3. The van der Waals surface area contributed by atoms with Crippen molar-refractivity contribution in [1.82, 2.24) is 10.2 Å². The molecule has 4 atom stereocenters. The van der Waals surface area contributed by atoms with E-state index in [-0.39, 0.29) is 11.9 Å². The molecule has 1 aromatic carbocycles. The van der Waals surface area contributed by atoms with Crippen molar-refractivity contribution in [3.05, 3.63) is 35.9 Å². The fourth-order valence-corrected chi connectivity index (χ4v) is 4.78. The van der Waals surface area contributed by atoms with Crippen molar-refractivity contribution in [1.29, 1.82) is 0 Å². The Bertz CT molecular complexity index is 584. The van der Waals surface area contributed by atoms with Crippen molar-refractivity contribution in [3.8, 4) is 0 Å². The molecule has 4 heteroatoms. The summed E-state index contributed by atoms with van der Waals surface area (Å²) in [5.74, 6) is 1.73. The summed E-state index contributed by atoms with van der Waals surface area (Å²) in [6.07, 6.45) is 3.03. The second-order valence-corrected chi connectivity index (χ2v) is 8.78. The van der Waals surface area contributed by atoms with Gasteiger partial charge in [-0.1, -0.05) is 44.2 Å². The number of rotatable bonds is 6. The lowest BCUT2D eigenvalue weighted by molar-refractivity contribution is -0.127. The molecule has 1 saturated heterocycles. The highest BCUT2D eigenvalue weighted by Crippen LogP contribution is 2.39. The molecule has 1 aliphatic carbocycles. The molecule has 1 aromatic rings. The summed E-state index contributed by atoms with van der Waals surface area (Å²) in [5.41, 5.74) is 6.88. The first-order valence-corrected chi connectivity index (χ1v) is 9.71. The van der Waals surface area contributed by atoms with E-state index >= 15 is 0 Å². The Morgan fingerprint density at radius 3 is 2.68 bits per heavy atom. The van der Waals surface area contributed by atoms with Crippen molar-refractivity contribution in [2.24, 2.45) is 23.5 Å². The van der Waals surface area contributed by atoms with Gasteiger partial charge in [-0.3, -0.25) is 9.69 Å². The number of likely N-dealkylation sites (tertiary alicyclic amines) is 1. The van der Waals surface area contributed by atoms with Crippen LogP contribution in [0.3, 0.4) is 0 Å². The summed E-state index contributed by atoms with van der Waals surface area (Å²) >= 11 is 0. The van der Waals surface area contributed by atoms with Crippen molar-refractivity contribution in [3.63, 3.8) is 0 Å². The molecule has 2 aliphatic rings. The summed E-state index contributed by atoms with van der Waals surface area (Å²) < 4.78 is 0. The van der Waals surface area contributed by atoms with Gasteiger partial charge in [0.05, 0.1) is 5.54 Å². The Hall–Kier alpha value is -1.39. The molecule has 0 aromatic heterocycles.